The molecule has 4 N–H and O–H groups in total. The predicted molar refractivity (Wildman–Crippen MR) is 74.9 cm³/mol. The van der Waals surface area contributed by atoms with Gasteiger partial charge in [-0.1, -0.05) is 20.8 Å². The highest BCUT2D eigenvalue weighted by Crippen LogP contribution is 2.38. The van der Waals surface area contributed by atoms with Crippen LogP contribution < -0.4 is 11.5 Å². The summed E-state index contributed by atoms with van der Waals surface area (Å²) in [6.45, 7) is 11.7. The van der Waals surface area contributed by atoms with E-state index >= 15 is 0 Å². The maximum atomic E-state index is 6.15. The first-order valence-electron chi connectivity index (χ1n) is 5.22. The van der Waals surface area contributed by atoms with E-state index in [0.717, 1.165) is 13.0 Å². The van der Waals surface area contributed by atoms with Crippen molar-refractivity contribution < 1.29 is 0 Å². The Morgan fingerprint density at radius 2 is 1.57 bits per heavy atom. The van der Waals surface area contributed by atoms with Crippen LogP contribution in [0, 0.1) is 11.3 Å². The van der Waals surface area contributed by atoms with Gasteiger partial charge in [-0.05, 0) is 44.6 Å². The van der Waals surface area contributed by atoms with Crippen LogP contribution in [0.1, 0.15) is 47.5 Å². The lowest BCUT2D eigenvalue weighted by Gasteiger charge is -2.43. The molecule has 0 heterocycles. The molecule has 0 aromatic carbocycles. The van der Waals surface area contributed by atoms with E-state index in [9.17, 15) is 0 Å². The molecule has 14 heavy (non-hydrogen) atoms. The third kappa shape index (κ3) is 4.45. The zero-order chi connectivity index (χ0) is 10.7. The number of nitrogens with two attached hydrogens (primary N) is 2. The maximum absolute atomic E-state index is 6.15. The van der Waals surface area contributed by atoms with Crippen molar-refractivity contribution in [3.05, 3.63) is 0 Å². The van der Waals surface area contributed by atoms with Gasteiger partial charge in [-0.25, -0.2) is 0 Å². The first-order valence-corrected chi connectivity index (χ1v) is 5.22. The minimum absolute atomic E-state index is 0. The molecule has 0 saturated heterocycles. The van der Waals surface area contributed by atoms with Crippen LogP contribution in [0.4, 0.5) is 0 Å². The number of halogens is 1. The molecule has 1 unspecified atom stereocenters. The highest BCUT2D eigenvalue weighted by atomic mass is 127. The molecule has 2 nitrogen and oxygen atoms in total. The first-order chi connectivity index (χ1) is 5.73. The van der Waals surface area contributed by atoms with Crippen LogP contribution in [0.15, 0.2) is 0 Å². The minimum atomic E-state index is -0.124. The van der Waals surface area contributed by atoms with Gasteiger partial charge in [0.05, 0.1) is 0 Å². The van der Waals surface area contributed by atoms with Gasteiger partial charge < -0.3 is 11.5 Å². The summed E-state index contributed by atoms with van der Waals surface area (Å²) < 4.78 is 0. The predicted octanol–water partition coefficient (Wildman–Crippen LogP) is 2.74. The van der Waals surface area contributed by atoms with Crippen LogP contribution in [-0.4, -0.2) is 12.1 Å². The van der Waals surface area contributed by atoms with Crippen molar-refractivity contribution in [1.82, 2.24) is 0 Å². The Balaban J connectivity index is 0. The van der Waals surface area contributed by atoms with E-state index in [2.05, 4.69) is 34.6 Å². The molecule has 0 saturated carbocycles. The molecule has 0 aromatic rings. The van der Waals surface area contributed by atoms with Gasteiger partial charge in [0.1, 0.15) is 0 Å². The van der Waals surface area contributed by atoms with E-state index in [-0.39, 0.29) is 34.9 Å². The molecular formula is C11H27IN2. The van der Waals surface area contributed by atoms with Gasteiger partial charge in [0.15, 0.2) is 0 Å². The van der Waals surface area contributed by atoms with Gasteiger partial charge in [0.2, 0.25) is 0 Å². The molecule has 0 fully saturated rings. The van der Waals surface area contributed by atoms with Gasteiger partial charge in [-0.3, -0.25) is 0 Å². The monoisotopic (exact) mass is 314 g/mol. The molecule has 0 aliphatic carbocycles. The summed E-state index contributed by atoms with van der Waals surface area (Å²) >= 11 is 0. The van der Waals surface area contributed by atoms with Crippen LogP contribution in [0.25, 0.3) is 0 Å². The Kier molecular flexibility index (Phi) is 7.65. The molecule has 3 heteroatoms. The summed E-state index contributed by atoms with van der Waals surface area (Å²) in [4.78, 5) is 0. The zero-order valence-electron chi connectivity index (χ0n) is 10.3. The lowest BCUT2D eigenvalue weighted by atomic mass is 9.66. The number of rotatable bonds is 5. The molecule has 1 atom stereocenters. The van der Waals surface area contributed by atoms with Crippen LogP contribution in [0.3, 0.4) is 0 Å². The standard InChI is InChI=1S/C11H26N2.HI/c1-9(7-6-8-12)10(2,3)11(4,5)13;/h9H,6-8,12-13H2,1-5H3;1H. The van der Waals surface area contributed by atoms with Crippen molar-refractivity contribution >= 4 is 24.0 Å². The van der Waals surface area contributed by atoms with Gasteiger partial charge >= 0.3 is 0 Å². The van der Waals surface area contributed by atoms with E-state index in [1.54, 1.807) is 0 Å². The van der Waals surface area contributed by atoms with Crippen LogP contribution in [0.2, 0.25) is 0 Å². The van der Waals surface area contributed by atoms with Gasteiger partial charge in [0.25, 0.3) is 0 Å². The largest absolute Gasteiger partial charge is 0.330 e. The Morgan fingerprint density at radius 1 is 1.14 bits per heavy atom. The fraction of sp³-hybridized carbons (Fsp3) is 1.00. The molecule has 0 aromatic heterocycles. The van der Waals surface area contributed by atoms with E-state index < -0.39 is 0 Å². The average Bonchev–Trinajstić information content (AvgIpc) is 1.97. The third-order valence-corrected chi connectivity index (χ3v) is 3.73. The molecule has 0 rings (SSSR count). The lowest BCUT2D eigenvalue weighted by molar-refractivity contribution is 0.112. The summed E-state index contributed by atoms with van der Waals surface area (Å²) in [7, 11) is 0. The second-order valence-corrected chi connectivity index (χ2v) is 5.28. The molecule has 0 spiro atoms. The van der Waals surface area contributed by atoms with Crippen LogP contribution in [-0.2, 0) is 0 Å². The fourth-order valence-corrected chi connectivity index (χ4v) is 1.42. The second-order valence-electron chi connectivity index (χ2n) is 5.28. The Labute approximate surface area is 106 Å². The second kappa shape index (κ2) is 6.28. The molecule has 0 aliphatic rings. The smallest absolute Gasteiger partial charge is 0.0151 e. The SMILES string of the molecule is CC(CCCN)C(C)(C)C(C)(C)N.I. The minimum Gasteiger partial charge on any atom is -0.330 e. The van der Waals surface area contributed by atoms with Gasteiger partial charge in [-0.15, -0.1) is 24.0 Å². The van der Waals surface area contributed by atoms with E-state index in [1.807, 2.05) is 0 Å². The number of hydrogen-bond acceptors (Lipinski definition) is 2. The van der Waals surface area contributed by atoms with E-state index in [4.69, 9.17) is 11.5 Å². The molecule has 0 aliphatic heterocycles. The highest BCUT2D eigenvalue weighted by Gasteiger charge is 2.37. The maximum Gasteiger partial charge on any atom is 0.0151 e. The van der Waals surface area contributed by atoms with Crippen molar-refractivity contribution in [3.8, 4) is 0 Å². The summed E-state index contributed by atoms with van der Waals surface area (Å²) in [6.07, 6.45) is 2.27. The third-order valence-electron chi connectivity index (χ3n) is 3.73. The van der Waals surface area contributed by atoms with Crippen molar-refractivity contribution in [2.45, 2.75) is 53.0 Å². The Bertz CT molecular complexity index is 150. The van der Waals surface area contributed by atoms with Crippen molar-refractivity contribution in [1.29, 1.82) is 0 Å². The summed E-state index contributed by atoms with van der Waals surface area (Å²) in [5.41, 5.74) is 11.7. The van der Waals surface area contributed by atoms with E-state index in [0.29, 0.717) is 5.92 Å². The Morgan fingerprint density at radius 3 is 1.86 bits per heavy atom. The van der Waals surface area contributed by atoms with Crippen LogP contribution >= 0.6 is 24.0 Å². The van der Waals surface area contributed by atoms with E-state index in [1.165, 1.54) is 6.42 Å². The molecule has 0 amide bonds. The summed E-state index contributed by atoms with van der Waals surface area (Å²) in [6, 6.07) is 0. The normalized spacial score (nSPS) is 14.8. The fourth-order valence-electron chi connectivity index (χ4n) is 1.42. The highest BCUT2D eigenvalue weighted by molar-refractivity contribution is 14.0. The van der Waals surface area contributed by atoms with Gasteiger partial charge in [0, 0.05) is 5.54 Å². The number of hydrogen-bond donors (Lipinski definition) is 2. The molecular weight excluding hydrogens is 287 g/mol. The summed E-state index contributed by atoms with van der Waals surface area (Å²) in [5.74, 6) is 0.621. The Hall–Kier alpha value is 0.650. The lowest BCUT2D eigenvalue weighted by Crippen LogP contribution is -2.50. The molecule has 0 bridgehead atoms. The average molecular weight is 314 g/mol. The topological polar surface area (TPSA) is 52.0 Å². The van der Waals surface area contributed by atoms with Gasteiger partial charge in [-0.2, -0.15) is 0 Å². The van der Waals surface area contributed by atoms with Crippen molar-refractivity contribution in [3.63, 3.8) is 0 Å². The molecule has 88 valence electrons. The van der Waals surface area contributed by atoms with Crippen LogP contribution in [0.5, 0.6) is 0 Å². The van der Waals surface area contributed by atoms with Crippen molar-refractivity contribution in [2.24, 2.45) is 22.8 Å². The quantitative estimate of drug-likeness (QED) is 0.767. The van der Waals surface area contributed by atoms with Crippen molar-refractivity contribution in [2.75, 3.05) is 6.54 Å². The first kappa shape index (κ1) is 17.1. The molecule has 0 radical (unpaired) electrons. The summed E-state index contributed by atoms with van der Waals surface area (Å²) in [5, 5.41) is 0. The zero-order valence-corrected chi connectivity index (χ0v) is 12.6.